The first-order chi connectivity index (χ1) is 5.04. The Morgan fingerprint density at radius 3 is 2.55 bits per heavy atom. The average Bonchev–Trinajstić information content (AvgIpc) is 1.86. The van der Waals surface area contributed by atoms with Gasteiger partial charge >= 0.3 is 0 Å². The van der Waals surface area contributed by atoms with Crippen LogP contribution < -0.4 is 11.5 Å². The largest absolute Gasteiger partial charge is 0.370 e. The van der Waals surface area contributed by atoms with Crippen molar-refractivity contribution in [3.63, 3.8) is 0 Å². The third kappa shape index (κ3) is 5.66. The third-order valence-electron chi connectivity index (χ3n) is 1.56. The maximum Gasteiger partial charge on any atom is 0.188 e. The summed E-state index contributed by atoms with van der Waals surface area (Å²) in [6.07, 6.45) is 1.98. The van der Waals surface area contributed by atoms with Gasteiger partial charge in [0.25, 0.3) is 0 Å². The van der Waals surface area contributed by atoms with Gasteiger partial charge < -0.3 is 16.4 Å². The summed E-state index contributed by atoms with van der Waals surface area (Å²) in [4.78, 5) is 1.71. The number of nitrogens with zero attached hydrogens (tertiary/aromatic N) is 1. The van der Waals surface area contributed by atoms with Crippen LogP contribution in [-0.4, -0.2) is 30.5 Å². The molecule has 0 aromatic carbocycles. The average molecular weight is 158 g/mol. The molecule has 0 amide bonds. The molecule has 66 valence electrons. The third-order valence-corrected chi connectivity index (χ3v) is 1.56. The van der Waals surface area contributed by atoms with Crippen LogP contribution in [0.4, 0.5) is 0 Å². The van der Waals surface area contributed by atoms with Gasteiger partial charge in [0.05, 0.1) is 0 Å². The first-order valence-corrected chi connectivity index (χ1v) is 3.84. The van der Waals surface area contributed by atoms with E-state index in [0.29, 0.717) is 0 Å². The van der Waals surface area contributed by atoms with Crippen LogP contribution >= 0.6 is 0 Å². The molecule has 5 N–H and O–H groups in total. The van der Waals surface area contributed by atoms with Crippen LogP contribution in [0.3, 0.4) is 0 Å². The highest BCUT2D eigenvalue weighted by molar-refractivity contribution is 5.74. The van der Waals surface area contributed by atoms with Crippen LogP contribution in [-0.2, 0) is 0 Å². The van der Waals surface area contributed by atoms with Crippen molar-refractivity contribution in [2.45, 2.75) is 25.8 Å². The highest BCUT2D eigenvalue weighted by Crippen LogP contribution is 1.94. The summed E-state index contributed by atoms with van der Waals surface area (Å²) in [5.41, 5.74) is 10.8. The number of hydrogen-bond acceptors (Lipinski definition) is 2. The molecule has 4 nitrogen and oxygen atoms in total. The molecule has 0 saturated heterocycles. The molecular weight excluding hydrogens is 140 g/mol. The molecule has 1 atom stereocenters. The van der Waals surface area contributed by atoms with Crippen LogP contribution in [0.2, 0.25) is 0 Å². The number of hydrogen-bond donors (Lipinski definition) is 3. The minimum absolute atomic E-state index is 0.120. The number of guanidine groups is 1. The zero-order valence-corrected chi connectivity index (χ0v) is 7.30. The van der Waals surface area contributed by atoms with Gasteiger partial charge in [-0.15, -0.1) is 0 Å². The summed E-state index contributed by atoms with van der Waals surface area (Å²) >= 11 is 0. The van der Waals surface area contributed by atoms with Gasteiger partial charge in [0.15, 0.2) is 5.96 Å². The van der Waals surface area contributed by atoms with E-state index in [1.54, 1.807) is 4.90 Å². The molecule has 0 fully saturated rings. The van der Waals surface area contributed by atoms with Gasteiger partial charge in [0, 0.05) is 19.6 Å². The molecule has 0 aliphatic heterocycles. The molecule has 0 rings (SSSR count). The highest BCUT2D eigenvalue weighted by Gasteiger charge is 1.99. The first-order valence-electron chi connectivity index (χ1n) is 3.84. The summed E-state index contributed by atoms with van der Waals surface area (Å²) in [5, 5.41) is 7.06. The summed E-state index contributed by atoms with van der Waals surface area (Å²) in [6, 6.07) is 0.246. The van der Waals surface area contributed by atoms with Crippen molar-refractivity contribution in [1.29, 1.82) is 5.41 Å². The van der Waals surface area contributed by atoms with Crippen LogP contribution in [0.15, 0.2) is 0 Å². The Bertz CT molecular complexity index is 122. The van der Waals surface area contributed by atoms with Crippen molar-refractivity contribution in [2.75, 3.05) is 13.6 Å². The minimum atomic E-state index is 0.120. The van der Waals surface area contributed by atoms with E-state index in [1.807, 2.05) is 14.0 Å². The molecule has 0 aromatic rings. The van der Waals surface area contributed by atoms with Crippen molar-refractivity contribution in [3.8, 4) is 0 Å². The van der Waals surface area contributed by atoms with Gasteiger partial charge in [0.1, 0.15) is 0 Å². The van der Waals surface area contributed by atoms with Crippen LogP contribution in [0, 0.1) is 5.41 Å². The van der Waals surface area contributed by atoms with E-state index < -0.39 is 0 Å². The molecule has 4 heteroatoms. The molecule has 11 heavy (non-hydrogen) atoms. The van der Waals surface area contributed by atoms with Gasteiger partial charge in [-0.25, -0.2) is 0 Å². The van der Waals surface area contributed by atoms with Gasteiger partial charge in [-0.3, -0.25) is 5.41 Å². The zero-order valence-electron chi connectivity index (χ0n) is 7.30. The Kier molecular flexibility index (Phi) is 4.61. The maximum atomic E-state index is 7.06. The van der Waals surface area contributed by atoms with Crippen molar-refractivity contribution >= 4 is 5.96 Å². The lowest BCUT2D eigenvalue weighted by molar-refractivity contribution is 0.457. The monoisotopic (exact) mass is 158 g/mol. The zero-order chi connectivity index (χ0) is 8.85. The Morgan fingerprint density at radius 1 is 1.64 bits per heavy atom. The highest BCUT2D eigenvalue weighted by atomic mass is 15.2. The van der Waals surface area contributed by atoms with E-state index >= 15 is 0 Å². The molecule has 0 aliphatic rings. The number of nitrogens with two attached hydrogens (primary N) is 2. The Labute approximate surface area is 68.1 Å². The number of rotatable bonds is 4. The van der Waals surface area contributed by atoms with Gasteiger partial charge in [-0.1, -0.05) is 0 Å². The smallest absolute Gasteiger partial charge is 0.188 e. The van der Waals surface area contributed by atoms with Gasteiger partial charge in [-0.05, 0) is 19.8 Å². The van der Waals surface area contributed by atoms with E-state index in [-0.39, 0.29) is 12.0 Å². The molecule has 0 spiro atoms. The molecule has 0 aliphatic carbocycles. The van der Waals surface area contributed by atoms with Crippen LogP contribution in [0.5, 0.6) is 0 Å². The van der Waals surface area contributed by atoms with Crippen LogP contribution in [0.1, 0.15) is 19.8 Å². The second kappa shape index (κ2) is 4.96. The standard InChI is InChI=1S/C7H18N4/c1-6(8)4-3-5-11(2)7(9)10/h6H,3-5,8H2,1-2H3,(H3,9,10)/t6-/m1/s1. The molecule has 0 unspecified atom stereocenters. The van der Waals surface area contributed by atoms with Crippen LogP contribution in [0.25, 0.3) is 0 Å². The molecule has 0 bridgehead atoms. The summed E-state index contributed by atoms with van der Waals surface area (Å²) < 4.78 is 0. The van der Waals surface area contributed by atoms with E-state index in [2.05, 4.69) is 0 Å². The van der Waals surface area contributed by atoms with Gasteiger partial charge in [0.2, 0.25) is 0 Å². The first kappa shape index (κ1) is 10.2. The fourth-order valence-corrected chi connectivity index (χ4v) is 0.771. The SMILES string of the molecule is C[C@@H](N)CCCN(C)C(=N)N. The Morgan fingerprint density at radius 2 is 2.18 bits per heavy atom. The van der Waals surface area contributed by atoms with E-state index in [9.17, 15) is 0 Å². The molecule has 0 heterocycles. The lowest BCUT2D eigenvalue weighted by Gasteiger charge is -2.16. The molecular formula is C7H18N4. The minimum Gasteiger partial charge on any atom is -0.370 e. The second-order valence-electron chi connectivity index (χ2n) is 2.93. The van der Waals surface area contributed by atoms with Gasteiger partial charge in [-0.2, -0.15) is 0 Å². The number of nitrogens with one attached hydrogen (secondary N) is 1. The maximum absolute atomic E-state index is 7.06. The van der Waals surface area contributed by atoms with Crippen molar-refractivity contribution in [1.82, 2.24) is 4.90 Å². The Balaban J connectivity index is 3.31. The predicted octanol–water partition coefficient (Wildman–Crippen LogP) is -0.0609. The Hall–Kier alpha value is -0.770. The fraction of sp³-hybridized carbons (Fsp3) is 0.857. The fourth-order valence-electron chi connectivity index (χ4n) is 0.771. The predicted molar refractivity (Wildman–Crippen MR) is 47.4 cm³/mol. The van der Waals surface area contributed by atoms with Crippen molar-refractivity contribution in [2.24, 2.45) is 11.5 Å². The molecule has 0 radical (unpaired) electrons. The second-order valence-corrected chi connectivity index (χ2v) is 2.93. The lowest BCUT2D eigenvalue weighted by Crippen LogP contribution is -2.34. The van der Waals surface area contributed by atoms with E-state index in [0.717, 1.165) is 19.4 Å². The normalized spacial score (nSPS) is 12.6. The summed E-state index contributed by atoms with van der Waals surface area (Å²) in [6.45, 7) is 2.80. The topological polar surface area (TPSA) is 79.1 Å². The summed E-state index contributed by atoms with van der Waals surface area (Å²) in [7, 11) is 1.81. The lowest BCUT2D eigenvalue weighted by atomic mass is 10.2. The van der Waals surface area contributed by atoms with E-state index in [1.165, 1.54) is 0 Å². The summed E-state index contributed by atoms with van der Waals surface area (Å²) in [5.74, 6) is 0.120. The quantitative estimate of drug-likeness (QED) is 0.396. The van der Waals surface area contributed by atoms with Crippen molar-refractivity contribution < 1.29 is 0 Å². The van der Waals surface area contributed by atoms with Crippen molar-refractivity contribution in [3.05, 3.63) is 0 Å². The van der Waals surface area contributed by atoms with E-state index in [4.69, 9.17) is 16.9 Å². The molecule has 0 aromatic heterocycles. The molecule has 0 saturated carbocycles.